The predicted molar refractivity (Wildman–Crippen MR) is 81.1 cm³/mol. The molecule has 0 atom stereocenters. The number of hydrogen-bond donors (Lipinski definition) is 1. The fourth-order valence-electron chi connectivity index (χ4n) is 2.19. The quantitative estimate of drug-likeness (QED) is 0.867. The molecule has 20 heavy (non-hydrogen) atoms. The highest BCUT2D eigenvalue weighted by atomic mass is 16.5. The summed E-state index contributed by atoms with van der Waals surface area (Å²) in [6.07, 6.45) is 1.72. The highest BCUT2D eigenvalue weighted by Gasteiger charge is 2.10. The molecule has 3 nitrogen and oxygen atoms in total. The van der Waals surface area contributed by atoms with E-state index in [4.69, 9.17) is 9.15 Å². The van der Waals surface area contributed by atoms with Crippen LogP contribution in [0.2, 0.25) is 0 Å². The van der Waals surface area contributed by atoms with Crippen LogP contribution in [0, 0.1) is 20.8 Å². The van der Waals surface area contributed by atoms with Gasteiger partial charge in [-0.1, -0.05) is 19.1 Å². The Hall–Kier alpha value is -1.74. The molecule has 0 radical (unpaired) electrons. The Morgan fingerprint density at radius 2 is 1.85 bits per heavy atom. The zero-order chi connectivity index (χ0) is 14.5. The van der Waals surface area contributed by atoms with Crippen molar-refractivity contribution in [3.63, 3.8) is 0 Å². The predicted octanol–water partition coefficient (Wildman–Crippen LogP) is 3.89. The average molecular weight is 273 g/mol. The molecule has 3 heteroatoms. The van der Waals surface area contributed by atoms with Gasteiger partial charge in [-0.2, -0.15) is 0 Å². The summed E-state index contributed by atoms with van der Waals surface area (Å²) in [6.45, 7) is 10.6. The average Bonchev–Trinajstić information content (AvgIpc) is 2.88. The van der Waals surface area contributed by atoms with Crippen molar-refractivity contribution in [1.82, 2.24) is 5.32 Å². The first kappa shape index (κ1) is 14.7. The minimum atomic E-state index is 0.544. The van der Waals surface area contributed by atoms with Crippen molar-refractivity contribution < 1.29 is 9.15 Å². The standard InChI is InChI=1S/C17H23NO2/c1-5-18-10-16-15(8-9-19-16)11-20-17-13(3)7-6-12(2)14(17)4/h6-9,18H,5,10-11H2,1-4H3. The summed E-state index contributed by atoms with van der Waals surface area (Å²) in [5.74, 6) is 1.94. The zero-order valence-electron chi connectivity index (χ0n) is 12.7. The second kappa shape index (κ2) is 6.62. The smallest absolute Gasteiger partial charge is 0.125 e. The molecule has 1 aromatic carbocycles. The fraction of sp³-hybridized carbons (Fsp3) is 0.412. The van der Waals surface area contributed by atoms with Crippen LogP contribution in [0.15, 0.2) is 28.9 Å². The number of ether oxygens (including phenoxy) is 1. The topological polar surface area (TPSA) is 34.4 Å². The SMILES string of the molecule is CCNCc1occc1COc1c(C)ccc(C)c1C. The Kier molecular flexibility index (Phi) is 4.85. The number of aryl methyl sites for hydroxylation is 2. The van der Waals surface area contributed by atoms with Crippen molar-refractivity contribution in [2.45, 2.75) is 40.8 Å². The highest BCUT2D eigenvalue weighted by Crippen LogP contribution is 2.27. The Morgan fingerprint density at radius 1 is 1.10 bits per heavy atom. The Balaban J connectivity index is 2.09. The van der Waals surface area contributed by atoms with Crippen molar-refractivity contribution in [3.05, 3.63) is 52.5 Å². The normalized spacial score (nSPS) is 10.8. The first-order valence-corrected chi connectivity index (χ1v) is 7.09. The third kappa shape index (κ3) is 3.23. The lowest BCUT2D eigenvalue weighted by Crippen LogP contribution is -2.13. The largest absolute Gasteiger partial charge is 0.488 e. The number of rotatable bonds is 6. The van der Waals surface area contributed by atoms with Crippen LogP contribution >= 0.6 is 0 Å². The van der Waals surface area contributed by atoms with Gasteiger partial charge in [-0.05, 0) is 50.1 Å². The van der Waals surface area contributed by atoms with Crippen LogP contribution in [0.4, 0.5) is 0 Å². The van der Waals surface area contributed by atoms with E-state index in [-0.39, 0.29) is 0 Å². The van der Waals surface area contributed by atoms with E-state index in [9.17, 15) is 0 Å². The van der Waals surface area contributed by atoms with Gasteiger partial charge in [0.2, 0.25) is 0 Å². The first-order valence-electron chi connectivity index (χ1n) is 7.09. The molecule has 0 fully saturated rings. The van der Waals surface area contributed by atoms with E-state index in [0.717, 1.165) is 30.2 Å². The van der Waals surface area contributed by atoms with Gasteiger partial charge in [0.1, 0.15) is 18.1 Å². The zero-order valence-corrected chi connectivity index (χ0v) is 12.7. The summed E-state index contributed by atoms with van der Waals surface area (Å²) in [6, 6.07) is 6.21. The molecule has 1 heterocycles. The van der Waals surface area contributed by atoms with Crippen LogP contribution < -0.4 is 10.1 Å². The number of furan rings is 1. The Morgan fingerprint density at radius 3 is 2.60 bits per heavy atom. The molecule has 0 aliphatic carbocycles. The van der Waals surface area contributed by atoms with Crippen molar-refractivity contribution in [1.29, 1.82) is 0 Å². The molecule has 0 unspecified atom stereocenters. The molecule has 1 aromatic heterocycles. The van der Waals surface area contributed by atoms with Crippen LogP contribution in [0.1, 0.15) is 34.9 Å². The van der Waals surface area contributed by atoms with E-state index in [2.05, 4.69) is 45.1 Å². The third-order valence-corrected chi connectivity index (χ3v) is 3.62. The summed E-state index contributed by atoms with van der Waals surface area (Å²) >= 11 is 0. The van der Waals surface area contributed by atoms with Gasteiger partial charge in [-0.3, -0.25) is 0 Å². The minimum Gasteiger partial charge on any atom is -0.488 e. The summed E-state index contributed by atoms with van der Waals surface area (Å²) in [7, 11) is 0. The summed E-state index contributed by atoms with van der Waals surface area (Å²) in [5.41, 5.74) is 4.74. The van der Waals surface area contributed by atoms with E-state index in [1.165, 1.54) is 16.7 Å². The van der Waals surface area contributed by atoms with E-state index in [1.807, 2.05) is 6.07 Å². The molecular weight excluding hydrogens is 250 g/mol. The molecule has 2 rings (SSSR count). The fourth-order valence-corrected chi connectivity index (χ4v) is 2.19. The number of benzene rings is 1. The Labute approximate surface area is 121 Å². The maximum atomic E-state index is 6.03. The van der Waals surface area contributed by atoms with Crippen LogP contribution in [-0.4, -0.2) is 6.54 Å². The minimum absolute atomic E-state index is 0.544. The van der Waals surface area contributed by atoms with Gasteiger partial charge in [0.05, 0.1) is 12.8 Å². The van der Waals surface area contributed by atoms with E-state index in [1.54, 1.807) is 6.26 Å². The summed E-state index contributed by atoms with van der Waals surface area (Å²) in [5, 5.41) is 3.27. The summed E-state index contributed by atoms with van der Waals surface area (Å²) in [4.78, 5) is 0. The second-order valence-electron chi connectivity index (χ2n) is 5.09. The first-order chi connectivity index (χ1) is 9.63. The molecule has 0 saturated carbocycles. The van der Waals surface area contributed by atoms with E-state index >= 15 is 0 Å². The molecule has 1 N–H and O–H groups in total. The van der Waals surface area contributed by atoms with Crippen LogP contribution in [-0.2, 0) is 13.2 Å². The van der Waals surface area contributed by atoms with Gasteiger partial charge >= 0.3 is 0 Å². The lowest BCUT2D eigenvalue weighted by Gasteiger charge is -2.14. The molecule has 0 amide bonds. The van der Waals surface area contributed by atoms with Crippen LogP contribution in [0.25, 0.3) is 0 Å². The van der Waals surface area contributed by atoms with Gasteiger partial charge < -0.3 is 14.5 Å². The third-order valence-electron chi connectivity index (χ3n) is 3.62. The van der Waals surface area contributed by atoms with Crippen molar-refractivity contribution in [3.8, 4) is 5.75 Å². The van der Waals surface area contributed by atoms with Crippen molar-refractivity contribution >= 4 is 0 Å². The summed E-state index contributed by atoms with van der Waals surface area (Å²) < 4.78 is 11.5. The second-order valence-corrected chi connectivity index (χ2v) is 5.09. The van der Waals surface area contributed by atoms with Gasteiger partial charge in [0.15, 0.2) is 0 Å². The molecule has 2 aromatic rings. The molecule has 0 aliphatic rings. The van der Waals surface area contributed by atoms with Crippen LogP contribution in [0.5, 0.6) is 5.75 Å². The molecule has 0 aliphatic heterocycles. The van der Waals surface area contributed by atoms with Crippen molar-refractivity contribution in [2.24, 2.45) is 0 Å². The van der Waals surface area contributed by atoms with Gasteiger partial charge in [-0.15, -0.1) is 0 Å². The monoisotopic (exact) mass is 273 g/mol. The van der Waals surface area contributed by atoms with Gasteiger partial charge in [0, 0.05) is 5.56 Å². The van der Waals surface area contributed by atoms with E-state index in [0.29, 0.717) is 6.61 Å². The lowest BCUT2D eigenvalue weighted by molar-refractivity contribution is 0.297. The number of nitrogens with one attached hydrogen (secondary N) is 1. The Bertz CT molecular complexity index is 572. The van der Waals surface area contributed by atoms with Crippen molar-refractivity contribution in [2.75, 3.05) is 6.54 Å². The molecule has 0 saturated heterocycles. The van der Waals surface area contributed by atoms with E-state index < -0.39 is 0 Å². The number of hydrogen-bond acceptors (Lipinski definition) is 3. The molecular formula is C17H23NO2. The van der Waals surface area contributed by atoms with Gasteiger partial charge in [0.25, 0.3) is 0 Å². The maximum Gasteiger partial charge on any atom is 0.125 e. The van der Waals surface area contributed by atoms with Gasteiger partial charge in [-0.25, -0.2) is 0 Å². The maximum absolute atomic E-state index is 6.03. The molecule has 0 spiro atoms. The molecule has 108 valence electrons. The van der Waals surface area contributed by atoms with Crippen LogP contribution in [0.3, 0.4) is 0 Å². The molecule has 0 bridgehead atoms. The lowest BCUT2D eigenvalue weighted by atomic mass is 10.1. The highest BCUT2D eigenvalue weighted by molar-refractivity contribution is 5.44.